The molecule has 1 atom stereocenters. The van der Waals surface area contributed by atoms with E-state index in [4.69, 9.17) is 27.0 Å². The zero-order chi connectivity index (χ0) is 31.9. The van der Waals surface area contributed by atoms with Crippen LogP contribution in [0.15, 0.2) is 89.2 Å². The molecular formula is C34H32N6O4S. The fourth-order valence-electron chi connectivity index (χ4n) is 5.29. The zero-order valence-corrected chi connectivity index (χ0v) is 25.9. The quantitative estimate of drug-likeness (QED) is 0.100. The van der Waals surface area contributed by atoms with Gasteiger partial charge in [0.1, 0.15) is 5.75 Å². The summed E-state index contributed by atoms with van der Waals surface area (Å²) in [6.45, 7) is 6.05. The number of hydrogen-bond acceptors (Lipinski definition) is 7. The van der Waals surface area contributed by atoms with Crippen LogP contribution >= 0.6 is 12.2 Å². The Labute approximate surface area is 266 Å². The maximum Gasteiger partial charge on any atom is 0.338 e. The number of allylic oxidation sites excluding steroid dienone is 1. The Morgan fingerprint density at radius 1 is 1.09 bits per heavy atom. The SMILES string of the molecule is CCOC(=O)C1=C(C)NC(=S)N[C@H]1c1ccccc1OCC(=O)NN=Cc1c(C)n(Cc2ccc(C#N)cc2)c2ccccc12. The third-order valence-corrected chi connectivity index (χ3v) is 7.66. The topological polar surface area (TPSA) is 130 Å². The molecule has 228 valence electrons. The zero-order valence-electron chi connectivity index (χ0n) is 25.1. The minimum atomic E-state index is -0.625. The van der Waals surface area contributed by atoms with Gasteiger partial charge in [-0.05, 0) is 62.8 Å². The molecule has 0 saturated heterocycles. The Balaban J connectivity index is 1.29. The Hall–Kier alpha value is -5.47. The number of ether oxygens (including phenoxy) is 2. The van der Waals surface area contributed by atoms with Gasteiger partial charge in [-0.25, -0.2) is 10.2 Å². The van der Waals surface area contributed by atoms with Gasteiger partial charge in [-0.3, -0.25) is 4.79 Å². The number of hydrazone groups is 1. The Kier molecular flexibility index (Phi) is 9.55. The second-order valence-electron chi connectivity index (χ2n) is 10.3. The van der Waals surface area contributed by atoms with Gasteiger partial charge < -0.3 is 24.7 Å². The van der Waals surface area contributed by atoms with Crippen molar-refractivity contribution >= 4 is 46.3 Å². The van der Waals surface area contributed by atoms with E-state index in [-0.39, 0.29) is 13.2 Å². The van der Waals surface area contributed by atoms with Crippen LogP contribution in [0.25, 0.3) is 10.9 Å². The highest BCUT2D eigenvalue weighted by Crippen LogP contribution is 2.33. The van der Waals surface area contributed by atoms with Crippen molar-refractivity contribution < 1.29 is 19.1 Å². The lowest BCUT2D eigenvalue weighted by atomic mass is 9.95. The molecule has 1 amide bonds. The van der Waals surface area contributed by atoms with Crippen LogP contribution in [-0.2, 0) is 20.9 Å². The summed E-state index contributed by atoms with van der Waals surface area (Å²) >= 11 is 5.34. The van der Waals surface area contributed by atoms with E-state index in [9.17, 15) is 9.59 Å². The molecule has 45 heavy (non-hydrogen) atoms. The van der Waals surface area contributed by atoms with Gasteiger partial charge in [0.2, 0.25) is 0 Å². The molecule has 0 unspecified atom stereocenters. The summed E-state index contributed by atoms with van der Waals surface area (Å²) in [5, 5.41) is 20.8. The molecule has 0 radical (unpaired) electrons. The van der Waals surface area contributed by atoms with Gasteiger partial charge in [0.25, 0.3) is 5.91 Å². The van der Waals surface area contributed by atoms with Gasteiger partial charge in [-0.2, -0.15) is 10.4 Å². The Morgan fingerprint density at radius 3 is 2.58 bits per heavy atom. The van der Waals surface area contributed by atoms with Gasteiger partial charge in [-0.15, -0.1) is 0 Å². The molecule has 0 bridgehead atoms. The first-order valence-electron chi connectivity index (χ1n) is 14.4. The first-order chi connectivity index (χ1) is 21.8. The van der Waals surface area contributed by atoms with Crippen LogP contribution in [0, 0.1) is 18.3 Å². The molecular weight excluding hydrogens is 588 g/mol. The van der Waals surface area contributed by atoms with Gasteiger partial charge >= 0.3 is 5.97 Å². The number of aromatic nitrogens is 1. The van der Waals surface area contributed by atoms with Gasteiger partial charge in [0, 0.05) is 40.0 Å². The molecule has 0 aliphatic carbocycles. The minimum absolute atomic E-state index is 0.225. The molecule has 3 aromatic carbocycles. The minimum Gasteiger partial charge on any atom is -0.483 e. The molecule has 1 aliphatic heterocycles. The van der Waals surface area contributed by atoms with Crippen LogP contribution in [0.3, 0.4) is 0 Å². The van der Waals surface area contributed by atoms with E-state index < -0.39 is 17.9 Å². The molecule has 3 N–H and O–H groups in total. The smallest absolute Gasteiger partial charge is 0.338 e. The monoisotopic (exact) mass is 620 g/mol. The molecule has 5 rings (SSSR count). The summed E-state index contributed by atoms with van der Waals surface area (Å²) in [7, 11) is 0. The summed E-state index contributed by atoms with van der Waals surface area (Å²) < 4.78 is 13.4. The van der Waals surface area contributed by atoms with Crippen LogP contribution in [-0.4, -0.2) is 41.0 Å². The van der Waals surface area contributed by atoms with Crippen LogP contribution in [0.5, 0.6) is 5.75 Å². The number of para-hydroxylation sites is 2. The molecule has 10 nitrogen and oxygen atoms in total. The molecule has 0 fully saturated rings. The highest BCUT2D eigenvalue weighted by atomic mass is 32.1. The van der Waals surface area contributed by atoms with E-state index in [2.05, 4.69) is 31.8 Å². The number of carbonyl (C=O) groups excluding carboxylic acids is 2. The maximum absolute atomic E-state index is 12.8. The van der Waals surface area contributed by atoms with E-state index in [0.717, 1.165) is 27.7 Å². The first-order valence-corrected chi connectivity index (χ1v) is 14.8. The number of amides is 1. The van der Waals surface area contributed by atoms with Crippen molar-refractivity contribution in [3.05, 3.63) is 112 Å². The molecule has 1 aromatic heterocycles. The van der Waals surface area contributed by atoms with Crippen molar-refractivity contribution in [1.29, 1.82) is 5.26 Å². The third-order valence-electron chi connectivity index (χ3n) is 7.44. The van der Waals surface area contributed by atoms with E-state index in [1.165, 1.54) is 0 Å². The van der Waals surface area contributed by atoms with Crippen molar-refractivity contribution in [2.75, 3.05) is 13.2 Å². The largest absolute Gasteiger partial charge is 0.483 e. The van der Waals surface area contributed by atoms with E-state index in [1.54, 1.807) is 38.3 Å². The van der Waals surface area contributed by atoms with Crippen molar-refractivity contribution in [3.8, 4) is 11.8 Å². The number of fused-ring (bicyclic) bond motifs is 1. The van der Waals surface area contributed by atoms with E-state index in [0.29, 0.717) is 39.8 Å². The molecule has 0 saturated carbocycles. The lowest BCUT2D eigenvalue weighted by Gasteiger charge is -2.30. The number of benzene rings is 3. The summed E-state index contributed by atoms with van der Waals surface area (Å²) in [6, 6.07) is 24.2. The number of rotatable bonds is 10. The van der Waals surface area contributed by atoms with E-state index in [1.807, 2.05) is 61.5 Å². The standard InChI is InChI=1S/C34H32N6O4S/c1-4-43-33(42)31-21(2)37-34(45)38-32(31)26-10-6-8-12-29(26)44-20-30(41)39-36-18-27-22(3)40(28-11-7-5-9-25(27)28)19-24-15-13-23(17-35)14-16-24/h5-16,18,32H,4,19-20H2,1-3H3,(H,39,41)(H2,37,38,45)/t32-/m0/s1. The van der Waals surface area contributed by atoms with Crippen LogP contribution < -0.4 is 20.8 Å². The number of esters is 1. The van der Waals surface area contributed by atoms with Crippen LogP contribution in [0.2, 0.25) is 0 Å². The van der Waals surface area contributed by atoms with Crippen molar-refractivity contribution in [2.45, 2.75) is 33.4 Å². The second kappa shape index (κ2) is 13.9. The maximum atomic E-state index is 12.8. The lowest BCUT2D eigenvalue weighted by molar-refractivity contribution is -0.139. The number of carbonyl (C=O) groups is 2. The second-order valence-corrected chi connectivity index (χ2v) is 10.7. The fourth-order valence-corrected chi connectivity index (χ4v) is 5.56. The van der Waals surface area contributed by atoms with Gasteiger partial charge in [0.05, 0.1) is 36.1 Å². The predicted molar refractivity (Wildman–Crippen MR) is 176 cm³/mol. The van der Waals surface area contributed by atoms with E-state index >= 15 is 0 Å². The molecule has 2 heterocycles. The molecule has 0 spiro atoms. The molecule has 11 heteroatoms. The first kappa shape index (κ1) is 31.0. The average molecular weight is 621 g/mol. The third kappa shape index (κ3) is 6.87. The summed E-state index contributed by atoms with van der Waals surface area (Å²) in [6.07, 6.45) is 1.64. The molecule has 4 aromatic rings. The highest BCUT2D eigenvalue weighted by Gasteiger charge is 2.32. The summed E-state index contributed by atoms with van der Waals surface area (Å²) in [4.78, 5) is 25.6. The van der Waals surface area contributed by atoms with Crippen molar-refractivity contribution in [1.82, 2.24) is 20.6 Å². The highest BCUT2D eigenvalue weighted by molar-refractivity contribution is 7.80. The number of nitrogens with one attached hydrogen (secondary N) is 3. The number of nitrogens with zero attached hydrogens (tertiary/aromatic N) is 3. The Bertz CT molecular complexity index is 1870. The lowest BCUT2D eigenvalue weighted by Crippen LogP contribution is -2.45. The summed E-state index contributed by atoms with van der Waals surface area (Å²) in [5.74, 6) is -0.515. The van der Waals surface area contributed by atoms with Gasteiger partial charge in [0.15, 0.2) is 11.7 Å². The van der Waals surface area contributed by atoms with Gasteiger partial charge in [-0.1, -0.05) is 48.5 Å². The number of nitriles is 1. The number of hydrogen-bond donors (Lipinski definition) is 3. The Morgan fingerprint density at radius 2 is 1.82 bits per heavy atom. The average Bonchev–Trinajstić information content (AvgIpc) is 3.30. The number of thiocarbonyl (C=S) groups is 1. The van der Waals surface area contributed by atoms with Crippen LogP contribution in [0.1, 0.15) is 47.8 Å². The molecule has 1 aliphatic rings. The normalized spacial score (nSPS) is 14.5. The van der Waals surface area contributed by atoms with Crippen LogP contribution in [0.4, 0.5) is 0 Å². The van der Waals surface area contributed by atoms with Crippen molar-refractivity contribution in [3.63, 3.8) is 0 Å². The predicted octanol–water partition coefficient (Wildman–Crippen LogP) is 4.75. The summed E-state index contributed by atoms with van der Waals surface area (Å²) in [5.41, 5.74) is 8.72. The fraction of sp³-hybridized carbons (Fsp3) is 0.206. The van der Waals surface area contributed by atoms with Crippen molar-refractivity contribution in [2.24, 2.45) is 5.10 Å².